The lowest BCUT2D eigenvalue weighted by molar-refractivity contribution is 0.229. The molecule has 1 fully saturated rings. The van der Waals surface area contributed by atoms with Crippen LogP contribution in [0.5, 0.6) is 0 Å². The molecule has 1 N–H and O–H groups in total. The van der Waals surface area contributed by atoms with Crippen molar-refractivity contribution < 1.29 is 0 Å². The highest BCUT2D eigenvalue weighted by Gasteiger charge is 2.17. The van der Waals surface area contributed by atoms with Crippen LogP contribution in [0, 0.1) is 0 Å². The van der Waals surface area contributed by atoms with E-state index in [2.05, 4.69) is 34.4 Å². The highest BCUT2D eigenvalue weighted by Crippen LogP contribution is 2.13. The molecule has 5 nitrogen and oxygen atoms in total. The van der Waals surface area contributed by atoms with E-state index in [1.54, 1.807) is 6.20 Å². The van der Waals surface area contributed by atoms with Gasteiger partial charge >= 0.3 is 0 Å². The zero-order valence-corrected chi connectivity index (χ0v) is 12.3. The van der Waals surface area contributed by atoms with Crippen molar-refractivity contribution in [3.05, 3.63) is 12.4 Å². The van der Waals surface area contributed by atoms with E-state index in [4.69, 9.17) is 0 Å². The highest BCUT2D eigenvalue weighted by molar-refractivity contribution is 4.76. The van der Waals surface area contributed by atoms with Gasteiger partial charge in [0, 0.05) is 24.8 Å². The summed E-state index contributed by atoms with van der Waals surface area (Å²) < 4.78 is 1.90. The smallest absolute Gasteiger partial charge is 0.0692 e. The molecule has 108 valence electrons. The Morgan fingerprint density at radius 1 is 1.32 bits per heavy atom. The number of aryl methyl sites for hydroxylation is 1. The summed E-state index contributed by atoms with van der Waals surface area (Å²) in [6.45, 7) is 9.12. The van der Waals surface area contributed by atoms with Crippen molar-refractivity contribution in [2.75, 3.05) is 19.6 Å². The molecular weight excluding hydrogens is 238 g/mol. The monoisotopic (exact) mass is 265 g/mol. The molecule has 0 saturated carbocycles. The fourth-order valence-electron chi connectivity index (χ4n) is 2.74. The molecule has 0 amide bonds. The molecule has 0 bridgehead atoms. The molecule has 1 aromatic rings. The van der Waals surface area contributed by atoms with Gasteiger partial charge in [0.15, 0.2) is 0 Å². The number of hydrogen-bond acceptors (Lipinski definition) is 4. The van der Waals surface area contributed by atoms with Crippen molar-refractivity contribution in [2.24, 2.45) is 0 Å². The summed E-state index contributed by atoms with van der Waals surface area (Å²) in [5.74, 6) is 0. The van der Waals surface area contributed by atoms with Crippen LogP contribution < -0.4 is 5.32 Å². The Kier molecular flexibility index (Phi) is 5.79. The largest absolute Gasteiger partial charge is 0.314 e. The first-order valence-corrected chi connectivity index (χ1v) is 7.57. The lowest BCUT2D eigenvalue weighted by Gasteiger charge is -2.24. The Hall–Kier alpha value is -0.940. The van der Waals surface area contributed by atoms with Crippen LogP contribution in [0.1, 0.15) is 39.5 Å². The minimum absolute atomic E-state index is 0.686. The summed E-state index contributed by atoms with van der Waals surface area (Å²) in [5.41, 5.74) is 0. The van der Waals surface area contributed by atoms with Crippen LogP contribution >= 0.6 is 0 Å². The summed E-state index contributed by atoms with van der Waals surface area (Å²) in [4.78, 5) is 2.59. The molecule has 1 aliphatic rings. The van der Waals surface area contributed by atoms with Gasteiger partial charge in [-0.3, -0.25) is 4.68 Å². The predicted octanol–water partition coefficient (Wildman–Crippen LogP) is 1.52. The van der Waals surface area contributed by atoms with E-state index < -0.39 is 0 Å². The molecule has 19 heavy (non-hydrogen) atoms. The van der Waals surface area contributed by atoms with E-state index in [9.17, 15) is 0 Å². The normalized spacial score (nSPS) is 21.7. The molecule has 5 heteroatoms. The maximum absolute atomic E-state index is 3.98. The van der Waals surface area contributed by atoms with E-state index in [0.717, 1.165) is 19.5 Å². The molecule has 1 aromatic heterocycles. The van der Waals surface area contributed by atoms with Gasteiger partial charge in [0.05, 0.1) is 6.20 Å². The topological polar surface area (TPSA) is 46.0 Å². The average molecular weight is 265 g/mol. The van der Waals surface area contributed by atoms with Gasteiger partial charge in [-0.2, -0.15) is 0 Å². The Balaban J connectivity index is 1.61. The molecular formula is C14H27N5. The third kappa shape index (κ3) is 4.91. The maximum atomic E-state index is 3.98. The lowest BCUT2D eigenvalue weighted by atomic mass is 10.1. The van der Waals surface area contributed by atoms with Gasteiger partial charge in [-0.1, -0.05) is 5.21 Å². The first-order valence-electron chi connectivity index (χ1n) is 7.57. The van der Waals surface area contributed by atoms with Crippen LogP contribution in [-0.4, -0.2) is 51.6 Å². The first kappa shape index (κ1) is 14.5. The van der Waals surface area contributed by atoms with Crippen molar-refractivity contribution in [2.45, 2.75) is 58.2 Å². The standard InChI is InChI=1S/C14H27N5/c1-13(2)18-9-3-5-14(6-11-18)15-7-4-10-19-12-8-16-17-19/h8,12-15H,3-7,9-11H2,1-2H3. The van der Waals surface area contributed by atoms with Crippen molar-refractivity contribution in [3.63, 3.8) is 0 Å². The number of nitrogens with zero attached hydrogens (tertiary/aromatic N) is 4. The fourth-order valence-corrected chi connectivity index (χ4v) is 2.74. The van der Waals surface area contributed by atoms with Crippen LogP contribution in [0.3, 0.4) is 0 Å². The van der Waals surface area contributed by atoms with E-state index in [1.807, 2.05) is 10.9 Å². The van der Waals surface area contributed by atoms with Crippen LogP contribution in [0.25, 0.3) is 0 Å². The minimum atomic E-state index is 0.686. The summed E-state index contributed by atoms with van der Waals surface area (Å²) in [7, 11) is 0. The van der Waals surface area contributed by atoms with Gasteiger partial charge in [-0.05, 0) is 59.2 Å². The summed E-state index contributed by atoms with van der Waals surface area (Å²) >= 11 is 0. The van der Waals surface area contributed by atoms with E-state index in [1.165, 1.54) is 32.4 Å². The number of aromatic nitrogens is 3. The quantitative estimate of drug-likeness (QED) is 0.792. The molecule has 1 aliphatic heterocycles. The molecule has 0 aliphatic carbocycles. The van der Waals surface area contributed by atoms with E-state index >= 15 is 0 Å². The third-order valence-corrected chi connectivity index (χ3v) is 3.96. The predicted molar refractivity (Wildman–Crippen MR) is 77.0 cm³/mol. The van der Waals surface area contributed by atoms with Gasteiger partial charge < -0.3 is 10.2 Å². The van der Waals surface area contributed by atoms with E-state index in [0.29, 0.717) is 12.1 Å². The second-order valence-electron chi connectivity index (χ2n) is 5.73. The maximum Gasteiger partial charge on any atom is 0.0692 e. The zero-order chi connectivity index (χ0) is 13.5. The molecule has 0 radical (unpaired) electrons. The lowest BCUT2D eigenvalue weighted by Crippen LogP contribution is -2.34. The molecule has 2 heterocycles. The second kappa shape index (κ2) is 7.60. The van der Waals surface area contributed by atoms with Gasteiger partial charge in [0.2, 0.25) is 0 Å². The van der Waals surface area contributed by atoms with Crippen LogP contribution in [0.4, 0.5) is 0 Å². The Bertz CT molecular complexity index is 336. The third-order valence-electron chi connectivity index (χ3n) is 3.96. The molecule has 0 spiro atoms. The molecule has 2 rings (SSSR count). The van der Waals surface area contributed by atoms with Gasteiger partial charge in [0.25, 0.3) is 0 Å². The number of hydrogen-bond donors (Lipinski definition) is 1. The minimum Gasteiger partial charge on any atom is -0.314 e. The second-order valence-corrected chi connectivity index (χ2v) is 5.73. The zero-order valence-electron chi connectivity index (χ0n) is 12.3. The van der Waals surface area contributed by atoms with Crippen LogP contribution in [0.15, 0.2) is 12.4 Å². The summed E-state index contributed by atoms with van der Waals surface area (Å²) in [6, 6.07) is 1.38. The SMILES string of the molecule is CC(C)N1CCCC(NCCCn2ccnn2)CC1. The number of rotatable bonds is 6. The van der Waals surface area contributed by atoms with Crippen molar-refractivity contribution in [3.8, 4) is 0 Å². The number of likely N-dealkylation sites (tertiary alicyclic amines) is 1. The van der Waals surface area contributed by atoms with Gasteiger partial charge in [0.1, 0.15) is 0 Å². The molecule has 0 aromatic carbocycles. The number of nitrogens with one attached hydrogen (secondary N) is 1. The summed E-state index contributed by atoms with van der Waals surface area (Å²) in [5, 5.41) is 11.5. The average Bonchev–Trinajstić information content (AvgIpc) is 2.79. The Labute approximate surface area is 116 Å². The van der Waals surface area contributed by atoms with Gasteiger partial charge in [-0.25, -0.2) is 0 Å². The van der Waals surface area contributed by atoms with Crippen molar-refractivity contribution in [1.82, 2.24) is 25.2 Å². The fraction of sp³-hybridized carbons (Fsp3) is 0.857. The van der Waals surface area contributed by atoms with Crippen molar-refractivity contribution in [1.29, 1.82) is 0 Å². The Morgan fingerprint density at radius 2 is 2.21 bits per heavy atom. The van der Waals surface area contributed by atoms with E-state index in [-0.39, 0.29) is 0 Å². The molecule has 1 unspecified atom stereocenters. The van der Waals surface area contributed by atoms with Crippen molar-refractivity contribution >= 4 is 0 Å². The van der Waals surface area contributed by atoms with Crippen LogP contribution in [-0.2, 0) is 6.54 Å². The van der Waals surface area contributed by atoms with Crippen LogP contribution in [0.2, 0.25) is 0 Å². The highest BCUT2D eigenvalue weighted by atomic mass is 15.4. The Morgan fingerprint density at radius 3 is 2.95 bits per heavy atom. The van der Waals surface area contributed by atoms with Gasteiger partial charge in [-0.15, -0.1) is 5.10 Å². The summed E-state index contributed by atoms with van der Waals surface area (Å²) in [6.07, 6.45) is 8.69. The first-order chi connectivity index (χ1) is 9.25. The molecule has 1 atom stereocenters. The molecule has 1 saturated heterocycles.